The van der Waals surface area contributed by atoms with Gasteiger partial charge in [0.2, 0.25) is 0 Å². The first-order valence-electron chi connectivity index (χ1n) is 7.53. The van der Waals surface area contributed by atoms with E-state index in [1.54, 1.807) is 7.11 Å². The highest BCUT2D eigenvalue weighted by Gasteiger charge is 2.53. The van der Waals surface area contributed by atoms with E-state index >= 15 is 0 Å². The Hall–Kier alpha value is -0.580. The molecule has 3 N–H and O–H groups in total. The minimum absolute atomic E-state index is 0.367. The van der Waals surface area contributed by atoms with Gasteiger partial charge in [-0.3, -0.25) is 11.3 Å². The maximum Gasteiger partial charge on any atom is 0.122 e. The van der Waals surface area contributed by atoms with E-state index in [0.29, 0.717) is 6.04 Å². The number of rotatable bonds is 5. The third-order valence-corrected chi connectivity index (χ3v) is 5.58. The number of benzene rings is 1. The lowest BCUT2D eigenvalue weighted by atomic mass is 9.99. The van der Waals surface area contributed by atoms with E-state index in [9.17, 15) is 0 Å². The minimum Gasteiger partial charge on any atom is -0.496 e. The molecule has 2 aliphatic rings. The van der Waals surface area contributed by atoms with Crippen LogP contribution in [0.5, 0.6) is 5.75 Å². The number of methoxy groups -OCH3 is 1. The van der Waals surface area contributed by atoms with Crippen molar-refractivity contribution in [1.29, 1.82) is 0 Å². The summed E-state index contributed by atoms with van der Waals surface area (Å²) in [5, 5.41) is 0. The van der Waals surface area contributed by atoms with Gasteiger partial charge in [-0.15, -0.1) is 0 Å². The molecule has 0 aliphatic heterocycles. The second-order valence-corrected chi connectivity index (χ2v) is 7.04. The molecule has 0 amide bonds. The summed E-state index contributed by atoms with van der Waals surface area (Å²) in [5.74, 6) is 9.37. The highest BCUT2D eigenvalue weighted by molar-refractivity contribution is 9.10. The molecular formula is C16H23BrN2O. The van der Waals surface area contributed by atoms with Crippen LogP contribution in [0.25, 0.3) is 0 Å². The van der Waals surface area contributed by atoms with Crippen LogP contribution in [-0.2, 0) is 6.42 Å². The first-order chi connectivity index (χ1) is 9.74. The number of fused-ring (bicyclic) bond motifs is 1. The van der Waals surface area contributed by atoms with Crippen molar-refractivity contribution in [2.75, 3.05) is 7.11 Å². The fourth-order valence-electron chi connectivity index (χ4n) is 4.09. The predicted molar refractivity (Wildman–Crippen MR) is 84.4 cm³/mol. The number of hydrogen-bond donors (Lipinski definition) is 2. The summed E-state index contributed by atoms with van der Waals surface area (Å²) in [5.41, 5.74) is 4.30. The standard InChI is InChI=1S/C16H23BrN2O/c1-20-15-7-6-11(17)8-10(15)9-14(19-18)16-12-4-2-3-5-13(12)16/h6-8,12-14,16,19H,2-5,9,18H2,1H3. The Morgan fingerprint density at radius 2 is 2.05 bits per heavy atom. The van der Waals surface area contributed by atoms with Crippen LogP contribution in [0.4, 0.5) is 0 Å². The van der Waals surface area contributed by atoms with Crippen molar-refractivity contribution in [3.05, 3.63) is 28.2 Å². The van der Waals surface area contributed by atoms with Gasteiger partial charge in [-0.05, 0) is 60.8 Å². The van der Waals surface area contributed by atoms with Gasteiger partial charge in [-0.1, -0.05) is 28.8 Å². The Kier molecular flexibility index (Phi) is 4.34. The van der Waals surface area contributed by atoms with E-state index in [0.717, 1.165) is 34.4 Å². The Morgan fingerprint density at radius 1 is 1.35 bits per heavy atom. The van der Waals surface area contributed by atoms with Gasteiger partial charge in [-0.25, -0.2) is 0 Å². The highest BCUT2D eigenvalue weighted by Crippen LogP contribution is 2.57. The van der Waals surface area contributed by atoms with Crippen molar-refractivity contribution in [2.45, 2.75) is 38.1 Å². The summed E-state index contributed by atoms with van der Waals surface area (Å²) < 4.78 is 6.57. The summed E-state index contributed by atoms with van der Waals surface area (Å²) in [4.78, 5) is 0. The zero-order valence-electron chi connectivity index (χ0n) is 11.9. The molecule has 1 aromatic carbocycles. The van der Waals surface area contributed by atoms with Gasteiger partial charge >= 0.3 is 0 Å². The molecule has 2 aliphatic carbocycles. The van der Waals surface area contributed by atoms with Crippen molar-refractivity contribution in [3.63, 3.8) is 0 Å². The average Bonchev–Trinajstić information content (AvgIpc) is 3.19. The number of nitrogens with two attached hydrogens (primary N) is 1. The molecule has 0 heterocycles. The number of nitrogens with one attached hydrogen (secondary N) is 1. The average molecular weight is 339 g/mol. The smallest absolute Gasteiger partial charge is 0.122 e. The molecule has 3 rings (SSSR count). The minimum atomic E-state index is 0.367. The topological polar surface area (TPSA) is 47.3 Å². The second-order valence-electron chi connectivity index (χ2n) is 6.12. The number of halogens is 1. The first kappa shape index (κ1) is 14.4. The molecule has 110 valence electrons. The number of hydrazine groups is 1. The van der Waals surface area contributed by atoms with Crippen molar-refractivity contribution in [1.82, 2.24) is 5.43 Å². The Balaban J connectivity index is 1.73. The number of ether oxygens (including phenoxy) is 1. The second kappa shape index (κ2) is 6.04. The van der Waals surface area contributed by atoms with Crippen LogP contribution in [-0.4, -0.2) is 13.2 Å². The molecule has 3 nitrogen and oxygen atoms in total. The molecular weight excluding hydrogens is 316 g/mol. The zero-order valence-corrected chi connectivity index (χ0v) is 13.5. The molecule has 4 heteroatoms. The van der Waals surface area contributed by atoms with E-state index < -0.39 is 0 Å². The first-order valence-corrected chi connectivity index (χ1v) is 8.32. The van der Waals surface area contributed by atoms with E-state index in [1.807, 2.05) is 12.1 Å². The van der Waals surface area contributed by atoms with E-state index in [2.05, 4.69) is 27.4 Å². The van der Waals surface area contributed by atoms with Crippen LogP contribution in [0.1, 0.15) is 31.2 Å². The summed E-state index contributed by atoms with van der Waals surface area (Å²) in [6.45, 7) is 0. The molecule has 3 unspecified atom stereocenters. The maximum absolute atomic E-state index is 5.84. The van der Waals surface area contributed by atoms with Crippen molar-refractivity contribution in [3.8, 4) is 5.75 Å². The van der Waals surface area contributed by atoms with Crippen molar-refractivity contribution >= 4 is 15.9 Å². The lowest BCUT2D eigenvalue weighted by molar-refractivity contribution is 0.395. The van der Waals surface area contributed by atoms with Gasteiger partial charge in [0.25, 0.3) is 0 Å². The molecule has 20 heavy (non-hydrogen) atoms. The van der Waals surface area contributed by atoms with E-state index in [1.165, 1.54) is 31.2 Å². The summed E-state index contributed by atoms with van der Waals surface area (Å²) in [7, 11) is 1.73. The highest BCUT2D eigenvalue weighted by atomic mass is 79.9. The van der Waals surface area contributed by atoms with Crippen LogP contribution in [0.2, 0.25) is 0 Å². The third kappa shape index (κ3) is 2.74. The molecule has 0 bridgehead atoms. The molecule has 0 radical (unpaired) electrons. The van der Waals surface area contributed by atoms with Crippen LogP contribution < -0.4 is 16.0 Å². The van der Waals surface area contributed by atoms with Crippen molar-refractivity contribution < 1.29 is 4.74 Å². The quantitative estimate of drug-likeness (QED) is 0.639. The Morgan fingerprint density at radius 3 is 2.65 bits per heavy atom. The lowest BCUT2D eigenvalue weighted by Crippen LogP contribution is -2.39. The zero-order chi connectivity index (χ0) is 14.1. The molecule has 2 fully saturated rings. The van der Waals surface area contributed by atoms with Crippen LogP contribution in [0.3, 0.4) is 0 Å². The van der Waals surface area contributed by atoms with E-state index in [-0.39, 0.29) is 0 Å². The Bertz CT molecular complexity index is 468. The monoisotopic (exact) mass is 338 g/mol. The molecule has 0 aromatic heterocycles. The number of hydrogen-bond acceptors (Lipinski definition) is 3. The molecule has 2 saturated carbocycles. The van der Waals surface area contributed by atoms with Gasteiger partial charge in [0.15, 0.2) is 0 Å². The van der Waals surface area contributed by atoms with Crippen molar-refractivity contribution in [2.24, 2.45) is 23.6 Å². The maximum atomic E-state index is 5.84. The normalized spacial score (nSPS) is 29.6. The largest absolute Gasteiger partial charge is 0.496 e. The predicted octanol–water partition coefficient (Wildman–Crippen LogP) is 3.27. The molecule has 0 spiro atoms. The van der Waals surface area contributed by atoms with Crippen LogP contribution in [0.15, 0.2) is 22.7 Å². The van der Waals surface area contributed by atoms with Gasteiger partial charge in [-0.2, -0.15) is 0 Å². The van der Waals surface area contributed by atoms with E-state index in [4.69, 9.17) is 10.6 Å². The van der Waals surface area contributed by atoms with Crippen LogP contribution >= 0.6 is 15.9 Å². The molecule has 0 saturated heterocycles. The third-order valence-electron chi connectivity index (χ3n) is 5.08. The molecule has 3 atom stereocenters. The fourth-order valence-corrected chi connectivity index (χ4v) is 4.50. The molecule has 1 aromatic rings. The van der Waals surface area contributed by atoms with Gasteiger partial charge < -0.3 is 4.74 Å². The summed E-state index contributed by atoms with van der Waals surface area (Å²) >= 11 is 3.54. The van der Waals surface area contributed by atoms with Crippen LogP contribution in [0, 0.1) is 17.8 Å². The fraction of sp³-hybridized carbons (Fsp3) is 0.625. The van der Waals surface area contributed by atoms with Gasteiger partial charge in [0.1, 0.15) is 5.75 Å². The van der Waals surface area contributed by atoms with Gasteiger partial charge in [0, 0.05) is 10.5 Å². The van der Waals surface area contributed by atoms with Gasteiger partial charge in [0.05, 0.1) is 7.11 Å². The Labute approximate surface area is 129 Å². The SMILES string of the molecule is COc1ccc(Br)cc1CC(NN)C1C2CCCCC21. The lowest BCUT2D eigenvalue weighted by Gasteiger charge is -2.18. The summed E-state index contributed by atoms with van der Waals surface area (Å²) in [6, 6.07) is 6.55. The summed E-state index contributed by atoms with van der Waals surface area (Å²) in [6.07, 6.45) is 6.52.